The lowest BCUT2D eigenvalue weighted by molar-refractivity contribution is 0.251. The lowest BCUT2D eigenvalue weighted by Crippen LogP contribution is -2.31. The van der Waals surface area contributed by atoms with Gasteiger partial charge in [-0.3, -0.25) is 4.79 Å². The number of carbonyl (C=O) groups is 1. The molecule has 0 aliphatic rings. The van der Waals surface area contributed by atoms with Gasteiger partial charge in [-0.1, -0.05) is 12.1 Å². The van der Waals surface area contributed by atoms with Gasteiger partial charge in [-0.2, -0.15) is 5.10 Å². The normalized spacial score (nSPS) is 10.9. The van der Waals surface area contributed by atoms with E-state index in [4.69, 9.17) is 0 Å². The minimum Gasteiger partial charge on any atom is -0.338 e. The Hall–Kier alpha value is -3.59. The Morgan fingerprint density at radius 1 is 1.06 bits per heavy atom. The van der Waals surface area contributed by atoms with Gasteiger partial charge in [0.15, 0.2) is 11.6 Å². The lowest BCUT2D eigenvalue weighted by Gasteiger charge is -2.12. The summed E-state index contributed by atoms with van der Waals surface area (Å²) in [5.41, 5.74) is 1.69. The zero-order valence-corrected chi connectivity index (χ0v) is 17.9. The van der Waals surface area contributed by atoms with Crippen molar-refractivity contribution in [3.05, 3.63) is 82.1 Å². The molecule has 0 spiro atoms. The molecular weight excluding hydrogens is 416 g/mol. The van der Waals surface area contributed by atoms with E-state index in [9.17, 15) is 18.4 Å². The summed E-state index contributed by atoms with van der Waals surface area (Å²) in [5, 5.41) is 9.84. The highest BCUT2D eigenvalue weighted by Gasteiger charge is 2.09. The van der Waals surface area contributed by atoms with Gasteiger partial charge in [0.25, 0.3) is 5.56 Å². The van der Waals surface area contributed by atoms with E-state index in [1.165, 1.54) is 22.9 Å². The molecule has 1 heterocycles. The molecule has 168 valence electrons. The third kappa shape index (κ3) is 6.45. The molecule has 0 fully saturated rings. The Balaban J connectivity index is 1.69. The van der Waals surface area contributed by atoms with Crippen LogP contribution in [-0.2, 0) is 6.54 Å². The van der Waals surface area contributed by atoms with E-state index in [2.05, 4.69) is 15.7 Å². The summed E-state index contributed by atoms with van der Waals surface area (Å²) in [6, 6.07) is 13.0. The maximum atomic E-state index is 13.6. The summed E-state index contributed by atoms with van der Waals surface area (Å²) in [6.45, 7) is 1.58. The second-order valence-electron chi connectivity index (χ2n) is 7.58. The van der Waals surface area contributed by atoms with E-state index >= 15 is 0 Å². The molecule has 2 amide bonds. The molecule has 0 atom stereocenters. The molecule has 0 bridgehead atoms. The smallest absolute Gasteiger partial charge is 0.319 e. The number of anilines is 1. The number of nitrogens with zero attached hydrogens (tertiary/aromatic N) is 3. The van der Waals surface area contributed by atoms with Crippen LogP contribution < -0.4 is 16.2 Å². The van der Waals surface area contributed by atoms with Crippen molar-refractivity contribution in [2.75, 3.05) is 32.5 Å². The Morgan fingerprint density at radius 3 is 2.62 bits per heavy atom. The van der Waals surface area contributed by atoms with E-state index in [0.717, 1.165) is 30.7 Å². The van der Waals surface area contributed by atoms with Gasteiger partial charge in [0.1, 0.15) is 0 Å². The molecule has 1 aromatic heterocycles. The highest BCUT2D eigenvalue weighted by Crippen LogP contribution is 2.19. The molecular formula is C23H25F2N5O2. The third-order valence-electron chi connectivity index (χ3n) is 4.67. The van der Waals surface area contributed by atoms with Gasteiger partial charge < -0.3 is 15.5 Å². The quantitative estimate of drug-likeness (QED) is 0.526. The maximum absolute atomic E-state index is 13.6. The van der Waals surface area contributed by atoms with Crippen molar-refractivity contribution in [2.45, 2.75) is 13.0 Å². The Morgan fingerprint density at radius 2 is 1.88 bits per heavy atom. The van der Waals surface area contributed by atoms with Crippen LogP contribution in [0.15, 0.2) is 59.4 Å². The van der Waals surface area contributed by atoms with Gasteiger partial charge in [0, 0.05) is 23.9 Å². The van der Waals surface area contributed by atoms with Gasteiger partial charge in [0.2, 0.25) is 0 Å². The van der Waals surface area contributed by atoms with Gasteiger partial charge in [-0.05, 0) is 69.0 Å². The Kier molecular flexibility index (Phi) is 7.67. The van der Waals surface area contributed by atoms with Gasteiger partial charge in [-0.25, -0.2) is 18.3 Å². The molecule has 2 N–H and O–H groups in total. The van der Waals surface area contributed by atoms with Crippen molar-refractivity contribution in [3.63, 3.8) is 0 Å². The summed E-state index contributed by atoms with van der Waals surface area (Å²) < 4.78 is 28.0. The largest absolute Gasteiger partial charge is 0.338 e. The molecule has 0 unspecified atom stereocenters. The van der Waals surface area contributed by atoms with Crippen LogP contribution in [0.1, 0.15) is 12.0 Å². The highest BCUT2D eigenvalue weighted by atomic mass is 19.2. The van der Waals surface area contributed by atoms with Crippen LogP contribution in [0.3, 0.4) is 0 Å². The number of aromatic nitrogens is 2. The number of hydrogen-bond donors (Lipinski definition) is 2. The SMILES string of the molecule is CN(C)CCCNC(=O)Nc1cccc(Cn2nc(-c3ccc(F)c(F)c3)ccc2=O)c1. The Labute approximate surface area is 184 Å². The number of hydrogen-bond acceptors (Lipinski definition) is 4. The first kappa shape index (κ1) is 23.1. The Bertz CT molecular complexity index is 1150. The first-order valence-electron chi connectivity index (χ1n) is 10.1. The molecule has 9 heteroatoms. The van der Waals surface area contributed by atoms with Crippen molar-refractivity contribution in [3.8, 4) is 11.3 Å². The lowest BCUT2D eigenvalue weighted by atomic mass is 10.1. The molecule has 0 aliphatic carbocycles. The zero-order chi connectivity index (χ0) is 23.1. The average molecular weight is 441 g/mol. The number of halogens is 2. The predicted octanol–water partition coefficient (Wildman–Crippen LogP) is 3.31. The average Bonchev–Trinajstić information content (AvgIpc) is 2.75. The fourth-order valence-corrected chi connectivity index (χ4v) is 3.06. The van der Waals surface area contributed by atoms with Crippen molar-refractivity contribution in [1.82, 2.24) is 20.0 Å². The third-order valence-corrected chi connectivity index (χ3v) is 4.67. The van der Waals surface area contributed by atoms with E-state index in [1.807, 2.05) is 19.0 Å². The van der Waals surface area contributed by atoms with Crippen molar-refractivity contribution < 1.29 is 13.6 Å². The molecule has 3 rings (SSSR count). The van der Waals surface area contributed by atoms with Crippen LogP contribution in [0.25, 0.3) is 11.3 Å². The summed E-state index contributed by atoms with van der Waals surface area (Å²) in [4.78, 5) is 26.4. The second kappa shape index (κ2) is 10.6. The topological polar surface area (TPSA) is 79.3 Å². The van der Waals surface area contributed by atoms with Crippen LogP contribution in [0.5, 0.6) is 0 Å². The van der Waals surface area contributed by atoms with Gasteiger partial charge >= 0.3 is 6.03 Å². The monoisotopic (exact) mass is 441 g/mol. The molecule has 3 aromatic rings. The van der Waals surface area contributed by atoms with Crippen molar-refractivity contribution in [1.29, 1.82) is 0 Å². The molecule has 2 aromatic carbocycles. The molecule has 0 saturated heterocycles. The van der Waals surface area contributed by atoms with E-state index < -0.39 is 11.6 Å². The summed E-state index contributed by atoms with van der Waals surface area (Å²) >= 11 is 0. The van der Waals surface area contributed by atoms with Crippen LogP contribution in [-0.4, -0.2) is 47.9 Å². The van der Waals surface area contributed by atoms with E-state index in [1.54, 1.807) is 24.3 Å². The van der Waals surface area contributed by atoms with Crippen molar-refractivity contribution in [2.24, 2.45) is 0 Å². The first-order chi connectivity index (χ1) is 15.3. The fourth-order valence-electron chi connectivity index (χ4n) is 3.06. The van der Waals surface area contributed by atoms with Crippen LogP contribution >= 0.6 is 0 Å². The van der Waals surface area contributed by atoms with Gasteiger partial charge in [0.05, 0.1) is 12.2 Å². The summed E-state index contributed by atoms with van der Waals surface area (Å²) in [7, 11) is 3.94. The van der Waals surface area contributed by atoms with Crippen LogP contribution in [0.4, 0.5) is 19.3 Å². The van der Waals surface area contributed by atoms with Crippen LogP contribution in [0, 0.1) is 11.6 Å². The summed E-state index contributed by atoms with van der Waals surface area (Å²) in [5.74, 6) is -1.94. The fraction of sp³-hybridized carbons (Fsp3) is 0.261. The number of rotatable bonds is 8. The summed E-state index contributed by atoms with van der Waals surface area (Å²) in [6.07, 6.45) is 0.837. The second-order valence-corrected chi connectivity index (χ2v) is 7.58. The standard InChI is InChI=1S/C23H25F2N5O2/c1-29(2)12-4-11-26-23(32)27-18-6-3-5-16(13-18)15-30-22(31)10-9-21(28-30)17-7-8-19(24)20(25)14-17/h3,5-10,13-14H,4,11-12,15H2,1-2H3,(H2,26,27,32). The highest BCUT2D eigenvalue weighted by molar-refractivity contribution is 5.89. The van der Waals surface area contributed by atoms with E-state index in [0.29, 0.717) is 23.5 Å². The minimum atomic E-state index is -0.985. The molecule has 32 heavy (non-hydrogen) atoms. The molecule has 0 saturated carbocycles. The minimum absolute atomic E-state index is 0.149. The van der Waals surface area contributed by atoms with Gasteiger partial charge in [-0.15, -0.1) is 0 Å². The number of amides is 2. The van der Waals surface area contributed by atoms with Crippen molar-refractivity contribution >= 4 is 11.7 Å². The number of nitrogens with one attached hydrogen (secondary N) is 2. The number of carbonyl (C=O) groups excluding carboxylic acids is 1. The zero-order valence-electron chi connectivity index (χ0n) is 17.9. The molecule has 7 nitrogen and oxygen atoms in total. The molecule has 0 radical (unpaired) electrons. The van der Waals surface area contributed by atoms with E-state index in [-0.39, 0.29) is 18.1 Å². The predicted molar refractivity (Wildman–Crippen MR) is 120 cm³/mol. The number of urea groups is 1. The first-order valence-corrected chi connectivity index (χ1v) is 10.1. The maximum Gasteiger partial charge on any atom is 0.319 e. The molecule has 0 aliphatic heterocycles. The number of benzene rings is 2. The van der Waals surface area contributed by atoms with Crippen LogP contribution in [0.2, 0.25) is 0 Å².